The van der Waals surface area contributed by atoms with Gasteiger partial charge in [-0.05, 0) is 28.7 Å². The molecule has 0 N–H and O–H groups in total. The maximum absolute atomic E-state index is 11.6. The van der Waals surface area contributed by atoms with E-state index in [1.807, 2.05) is 0 Å². The van der Waals surface area contributed by atoms with Crippen LogP contribution in [0.3, 0.4) is 0 Å². The maximum Gasteiger partial charge on any atom is 0.411 e. The Morgan fingerprint density at radius 2 is 1.47 bits per heavy atom. The fourth-order valence-electron chi connectivity index (χ4n) is 0.264. The molecular formula is C7H6ClF8I. The number of allylic oxidation sites excluding steroid dienone is 2. The van der Waals surface area contributed by atoms with Crippen molar-refractivity contribution in [3.05, 3.63) is 22.3 Å². The highest BCUT2D eigenvalue weighted by Crippen LogP contribution is 2.22. The number of alkyl halides is 6. The van der Waals surface area contributed by atoms with Crippen LogP contribution in [0.2, 0.25) is 0 Å². The van der Waals surface area contributed by atoms with Gasteiger partial charge in [-0.1, -0.05) is 0 Å². The lowest BCUT2D eigenvalue weighted by Crippen LogP contribution is -2.04. The Balaban J connectivity index is -0.000000224. The van der Waals surface area contributed by atoms with Gasteiger partial charge in [0.05, 0.1) is 12.8 Å². The van der Waals surface area contributed by atoms with E-state index in [-0.39, 0.29) is 12.4 Å². The van der Waals surface area contributed by atoms with Crippen LogP contribution in [0.15, 0.2) is 22.3 Å². The maximum atomic E-state index is 11.6. The number of hydrogen-bond acceptors (Lipinski definition) is 0. The molecule has 0 heterocycles. The lowest BCUT2D eigenvalue weighted by molar-refractivity contribution is -0.125. The molecule has 0 aliphatic heterocycles. The summed E-state index contributed by atoms with van der Waals surface area (Å²) in [5.74, 6) is 0. The normalized spacial score (nSPS) is 12.9. The zero-order chi connectivity index (χ0) is 13.4. The van der Waals surface area contributed by atoms with E-state index in [2.05, 4.69) is 0 Å². The molecule has 0 rings (SSSR count). The van der Waals surface area contributed by atoms with Crippen LogP contribution in [-0.4, -0.2) is 12.4 Å². The van der Waals surface area contributed by atoms with Gasteiger partial charge in [0.1, 0.15) is 0 Å². The third kappa shape index (κ3) is 31.4. The topological polar surface area (TPSA) is 0 Å². The van der Waals surface area contributed by atoms with Crippen molar-refractivity contribution in [2.75, 3.05) is 0 Å². The first-order valence-electron chi connectivity index (χ1n) is 3.40. The second-order valence-corrected chi connectivity index (χ2v) is 3.18. The summed E-state index contributed by atoms with van der Waals surface area (Å²) in [4.78, 5) is 0. The number of rotatable bonds is 1. The van der Waals surface area contributed by atoms with E-state index >= 15 is 0 Å². The molecule has 0 fully saturated rings. The third-order valence-electron chi connectivity index (χ3n) is 0.740. The molecule has 0 aromatic carbocycles. The van der Waals surface area contributed by atoms with E-state index in [1.165, 1.54) is 22.6 Å². The average Bonchev–Trinajstić information content (AvgIpc) is 1.98. The molecule has 10 heteroatoms. The second-order valence-electron chi connectivity index (χ2n) is 2.15. The van der Waals surface area contributed by atoms with Crippen LogP contribution in [-0.2, 0) is 0 Å². The minimum absolute atomic E-state index is 0. The standard InChI is InChI=1S/C4H3F4I.C3H2F4.ClH/c5-3(9)1-2-4(6,7)8;4-2-1-3(5,6)7;/h1H,2H2;1-2H;1H/b3-1+;;. The molecule has 0 atom stereocenters. The lowest BCUT2D eigenvalue weighted by Gasteiger charge is -1.98. The Bertz CT molecular complexity index is 237. The first kappa shape index (κ1) is 22.1. The van der Waals surface area contributed by atoms with Gasteiger partial charge in [0.25, 0.3) is 0 Å². The first-order chi connectivity index (χ1) is 6.98. The number of hydrogen-bond donors (Lipinski definition) is 0. The fourth-order valence-corrected chi connectivity index (χ4v) is 0.485. The molecule has 0 saturated carbocycles. The Labute approximate surface area is 111 Å². The molecule has 0 nitrogen and oxygen atoms in total. The summed E-state index contributed by atoms with van der Waals surface area (Å²) in [5.41, 5.74) is 0. The van der Waals surface area contributed by atoms with Crippen molar-refractivity contribution >= 4 is 35.0 Å². The molecule has 17 heavy (non-hydrogen) atoms. The molecule has 0 aliphatic rings. The van der Waals surface area contributed by atoms with Crippen LogP contribution >= 0.6 is 35.0 Å². The fraction of sp³-hybridized carbons (Fsp3) is 0.429. The van der Waals surface area contributed by atoms with Crippen LogP contribution in [0.1, 0.15) is 6.42 Å². The molecule has 0 aromatic heterocycles. The quantitative estimate of drug-likeness (QED) is 0.392. The second kappa shape index (κ2) is 9.92. The van der Waals surface area contributed by atoms with Crippen molar-refractivity contribution in [3.63, 3.8) is 0 Å². The Morgan fingerprint density at radius 1 is 1.06 bits per heavy atom. The van der Waals surface area contributed by atoms with Crippen molar-refractivity contribution in [1.82, 2.24) is 0 Å². The van der Waals surface area contributed by atoms with E-state index < -0.39 is 35.0 Å². The summed E-state index contributed by atoms with van der Waals surface area (Å²) >= 11 is 1.18. The summed E-state index contributed by atoms with van der Waals surface area (Å²) in [6.07, 6.45) is -10.5. The third-order valence-corrected chi connectivity index (χ3v) is 1.18. The molecule has 0 saturated heterocycles. The molecule has 0 bridgehead atoms. The zero-order valence-corrected chi connectivity index (χ0v) is 10.7. The highest BCUT2D eigenvalue weighted by atomic mass is 127. The van der Waals surface area contributed by atoms with Crippen molar-refractivity contribution in [2.45, 2.75) is 18.8 Å². The van der Waals surface area contributed by atoms with Crippen molar-refractivity contribution < 1.29 is 35.1 Å². The highest BCUT2D eigenvalue weighted by Gasteiger charge is 2.25. The van der Waals surface area contributed by atoms with Crippen LogP contribution in [0.5, 0.6) is 0 Å². The van der Waals surface area contributed by atoms with Crippen LogP contribution in [0, 0.1) is 0 Å². The van der Waals surface area contributed by atoms with E-state index in [4.69, 9.17) is 0 Å². The first-order valence-corrected chi connectivity index (χ1v) is 4.48. The molecular weight excluding hydrogens is 398 g/mol. The van der Waals surface area contributed by atoms with E-state index in [0.717, 1.165) is 0 Å². The summed E-state index contributed by atoms with van der Waals surface area (Å²) in [6.45, 7) is 0. The van der Waals surface area contributed by atoms with Gasteiger partial charge in [-0.25, -0.2) is 8.78 Å². The zero-order valence-electron chi connectivity index (χ0n) is 7.75. The van der Waals surface area contributed by atoms with Crippen molar-refractivity contribution in [3.8, 4) is 0 Å². The summed E-state index contributed by atoms with van der Waals surface area (Å²) in [5, 5.41) is 0. The molecule has 0 radical (unpaired) electrons. The monoisotopic (exact) mass is 404 g/mol. The van der Waals surface area contributed by atoms with E-state index in [1.54, 1.807) is 0 Å². The Kier molecular flexibility index (Phi) is 12.9. The van der Waals surface area contributed by atoms with Crippen molar-refractivity contribution in [2.24, 2.45) is 0 Å². The Morgan fingerprint density at radius 3 is 1.53 bits per heavy atom. The molecule has 104 valence electrons. The smallest absolute Gasteiger partial charge is 0.216 e. The van der Waals surface area contributed by atoms with Gasteiger partial charge in [0.2, 0.25) is 0 Å². The summed E-state index contributed by atoms with van der Waals surface area (Å²) in [7, 11) is 0. The minimum atomic E-state index is -4.51. The molecule has 0 unspecified atom stereocenters. The average molecular weight is 404 g/mol. The van der Waals surface area contributed by atoms with Gasteiger partial charge in [0, 0.05) is 6.08 Å². The van der Waals surface area contributed by atoms with Gasteiger partial charge < -0.3 is 0 Å². The van der Waals surface area contributed by atoms with Gasteiger partial charge in [-0.2, -0.15) is 26.3 Å². The molecule has 0 amide bonds. The Hall–Kier alpha value is -0.0600. The summed E-state index contributed by atoms with van der Waals surface area (Å²) < 4.78 is 87.1. The van der Waals surface area contributed by atoms with Crippen LogP contribution < -0.4 is 0 Å². The van der Waals surface area contributed by atoms with Gasteiger partial charge in [0.15, 0.2) is 3.83 Å². The predicted octanol–water partition coefficient (Wildman–Crippen LogP) is 5.64. The van der Waals surface area contributed by atoms with Gasteiger partial charge in [-0.3, -0.25) is 0 Å². The largest absolute Gasteiger partial charge is 0.411 e. The highest BCUT2D eigenvalue weighted by molar-refractivity contribution is 14.1. The molecule has 0 aliphatic carbocycles. The van der Waals surface area contributed by atoms with Crippen LogP contribution in [0.4, 0.5) is 35.1 Å². The van der Waals surface area contributed by atoms with Gasteiger partial charge in [-0.15, -0.1) is 12.4 Å². The van der Waals surface area contributed by atoms with Crippen molar-refractivity contribution in [1.29, 1.82) is 0 Å². The van der Waals surface area contributed by atoms with Gasteiger partial charge >= 0.3 is 12.4 Å². The molecule has 0 spiro atoms. The molecule has 0 aromatic rings. The SMILES string of the molecule is Cl.F/C(I)=C\CC(F)(F)F.FC=CC(F)(F)F. The van der Waals surface area contributed by atoms with E-state index in [0.29, 0.717) is 6.08 Å². The number of halogens is 10. The minimum Gasteiger partial charge on any atom is -0.216 e. The van der Waals surface area contributed by atoms with E-state index in [9.17, 15) is 35.1 Å². The van der Waals surface area contributed by atoms with Crippen LogP contribution in [0.25, 0.3) is 0 Å². The predicted molar refractivity (Wildman–Crippen MR) is 57.4 cm³/mol. The lowest BCUT2D eigenvalue weighted by atomic mass is 10.4. The summed E-state index contributed by atoms with van der Waals surface area (Å²) in [6, 6.07) is 0.